The third kappa shape index (κ3) is 5.19. The molecule has 6 rings (SSSR count). The second kappa shape index (κ2) is 11.4. The Kier molecular flexibility index (Phi) is 7.47. The highest BCUT2D eigenvalue weighted by molar-refractivity contribution is 7.80. The molecule has 5 aromatic rings. The molecule has 2 atom stereocenters. The number of para-hydroxylation sites is 1. The minimum absolute atomic E-state index is 0.0641. The maximum absolute atomic E-state index is 13.2. The summed E-state index contributed by atoms with van der Waals surface area (Å²) < 4.78 is 2.18. The number of nitrogens with one attached hydrogen (secondary N) is 2. The average molecular weight is 580 g/mol. The predicted octanol–water partition coefficient (Wildman–Crippen LogP) is 7.30. The van der Waals surface area contributed by atoms with Gasteiger partial charge in [-0.1, -0.05) is 66.2 Å². The Balaban J connectivity index is 1.32. The Hall–Kier alpha value is -4.20. The molecule has 3 heterocycles. The highest BCUT2D eigenvalue weighted by atomic mass is 35.5. The van der Waals surface area contributed by atoms with E-state index in [4.69, 9.17) is 23.8 Å². The van der Waals surface area contributed by atoms with Crippen molar-refractivity contribution >= 4 is 51.3 Å². The molecule has 1 amide bonds. The number of carbonyl (C=O) groups is 1. The van der Waals surface area contributed by atoms with Crippen LogP contribution in [0.3, 0.4) is 0 Å². The predicted molar refractivity (Wildman–Crippen MR) is 170 cm³/mol. The van der Waals surface area contributed by atoms with Crippen molar-refractivity contribution in [3.8, 4) is 5.69 Å². The molecule has 206 valence electrons. The van der Waals surface area contributed by atoms with Crippen LogP contribution in [0.2, 0.25) is 5.02 Å². The molecule has 2 N–H and O–H groups in total. The summed E-state index contributed by atoms with van der Waals surface area (Å²) in [5.41, 5.74) is 5.88. The third-order valence-electron chi connectivity index (χ3n) is 7.72. The van der Waals surface area contributed by atoms with E-state index in [9.17, 15) is 4.79 Å². The fourth-order valence-electron chi connectivity index (χ4n) is 5.84. The van der Waals surface area contributed by atoms with E-state index < -0.39 is 0 Å². The van der Waals surface area contributed by atoms with Gasteiger partial charge in [-0.2, -0.15) is 0 Å². The number of carbonyl (C=O) groups excluding carboxylic acids is 1. The van der Waals surface area contributed by atoms with Gasteiger partial charge in [0.1, 0.15) is 0 Å². The molecule has 41 heavy (non-hydrogen) atoms. The van der Waals surface area contributed by atoms with Gasteiger partial charge in [0.15, 0.2) is 5.11 Å². The number of hydrogen-bond acceptors (Lipinski definition) is 3. The van der Waals surface area contributed by atoms with Gasteiger partial charge in [-0.05, 0) is 73.4 Å². The van der Waals surface area contributed by atoms with Gasteiger partial charge in [0.2, 0.25) is 5.91 Å². The number of fused-ring (bicyclic) bond motifs is 1. The van der Waals surface area contributed by atoms with Gasteiger partial charge < -0.3 is 20.1 Å². The lowest BCUT2D eigenvalue weighted by Crippen LogP contribution is -2.33. The number of pyridine rings is 1. The highest BCUT2D eigenvalue weighted by Gasteiger charge is 2.41. The Morgan fingerprint density at radius 2 is 1.76 bits per heavy atom. The minimum atomic E-state index is -0.176. The molecule has 0 bridgehead atoms. The standard InChI is InChI=1S/C33H30ClN5OS/c1-21-20-25(22(2)39(21)29-16-6-5-13-26(29)34)32-31(28-14-7-8-18-35-28)37-33(41)38(32)19-17-30(40)36-27-15-9-11-23-10-3-4-12-24(23)27/h3-16,18,20,31-32H,17,19H2,1-2H3,(H,36,40)(H,37,41)/t31-,32+/m1/s1. The van der Waals surface area contributed by atoms with Crippen LogP contribution in [-0.2, 0) is 4.79 Å². The molecule has 0 radical (unpaired) electrons. The van der Waals surface area contributed by atoms with E-state index in [1.54, 1.807) is 6.20 Å². The van der Waals surface area contributed by atoms with E-state index in [1.165, 1.54) is 0 Å². The molecule has 6 nitrogen and oxygen atoms in total. The van der Waals surface area contributed by atoms with Crippen LogP contribution < -0.4 is 10.6 Å². The van der Waals surface area contributed by atoms with Gasteiger partial charge in [0, 0.05) is 41.6 Å². The van der Waals surface area contributed by atoms with E-state index in [0.717, 1.165) is 44.8 Å². The van der Waals surface area contributed by atoms with Crippen molar-refractivity contribution in [3.63, 3.8) is 0 Å². The van der Waals surface area contributed by atoms with E-state index in [0.29, 0.717) is 16.7 Å². The lowest BCUT2D eigenvalue weighted by Gasteiger charge is -2.28. The summed E-state index contributed by atoms with van der Waals surface area (Å²) in [5, 5.41) is 10.0. The van der Waals surface area contributed by atoms with Crippen LogP contribution in [0.25, 0.3) is 16.5 Å². The minimum Gasteiger partial charge on any atom is -0.352 e. The molecule has 1 saturated heterocycles. The summed E-state index contributed by atoms with van der Waals surface area (Å²) in [6.07, 6.45) is 2.07. The van der Waals surface area contributed by atoms with Crippen LogP contribution in [0.5, 0.6) is 0 Å². The normalized spacial score (nSPS) is 16.7. The summed E-state index contributed by atoms with van der Waals surface area (Å²) in [5.74, 6) is -0.0641. The Morgan fingerprint density at radius 3 is 2.56 bits per heavy atom. The Labute approximate surface area is 250 Å². The molecule has 0 aliphatic carbocycles. The Morgan fingerprint density at radius 1 is 1.00 bits per heavy atom. The molecule has 1 aliphatic heterocycles. The molecule has 0 saturated carbocycles. The van der Waals surface area contributed by atoms with Gasteiger partial charge in [0.05, 0.1) is 28.5 Å². The summed E-state index contributed by atoms with van der Waals surface area (Å²) in [7, 11) is 0. The van der Waals surface area contributed by atoms with Crippen LogP contribution in [0.1, 0.15) is 41.1 Å². The van der Waals surface area contributed by atoms with Crippen LogP contribution in [-0.4, -0.2) is 32.0 Å². The number of halogens is 1. The number of hydrogen-bond donors (Lipinski definition) is 2. The largest absolute Gasteiger partial charge is 0.352 e. The molecular formula is C33H30ClN5OS. The number of benzene rings is 3. The van der Waals surface area contributed by atoms with Gasteiger partial charge >= 0.3 is 0 Å². The van der Waals surface area contributed by atoms with Crippen molar-refractivity contribution in [1.29, 1.82) is 0 Å². The first-order valence-corrected chi connectivity index (χ1v) is 14.4. The molecule has 3 aromatic carbocycles. The first-order valence-electron chi connectivity index (χ1n) is 13.6. The topological polar surface area (TPSA) is 62.2 Å². The smallest absolute Gasteiger partial charge is 0.226 e. The molecule has 8 heteroatoms. The molecule has 0 spiro atoms. The second-order valence-electron chi connectivity index (χ2n) is 10.3. The highest BCUT2D eigenvalue weighted by Crippen LogP contribution is 2.42. The summed E-state index contributed by atoms with van der Waals surface area (Å²) in [6, 6.07) is 29.6. The molecule has 0 unspecified atom stereocenters. The number of nitrogens with zero attached hydrogens (tertiary/aromatic N) is 3. The van der Waals surface area contributed by atoms with E-state index in [2.05, 4.69) is 45.0 Å². The maximum Gasteiger partial charge on any atom is 0.226 e. The zero-order valence-electron chi connectivity index (χ0n) is 22.8. The van der Waals surface area contributed by atoms with Crippen LogP contribution in [0, 0.1) is 13.8 Å². The maximum atomic E-state index is 13.2. The number of aromatic nitrogens is 2. The first kappa shape index (κ1) is 27.0. The van der Waals surface area contributed by atoms with Crippen LogP contribution in [0.4, 0.5) is 5.69 Å². The van der Waals surface area contributed by atoms with Crippen molar-refractivity contribution in [1.82, 2.24) is 19.8 Å². The first-order chi connectivity index (χ1) is 19.9. The molecule has 2 aromatic heterocycles. The lowest BCUT2D eigenvalue weighted by molar-refractivity contribution is -0.116. The monoisotopic (exact) mass is 579 g/mol. The van der Waals surface area contributed by atoms with Crippen LogP contribution >= 0.6 is 23.8 Å². The number of anilines is 1. The van der Waals surface area contributed by atoms with Crippen molar-refractivity contribution in [3.05, 3.63) is 125 Å². The van der Waals surface area contributed by atoms with E-state index in [1.807, 2.05) is 84.9 Å². The molecule has 1 aliphatic rings. The van der Waals surface area contributed by atoms with Gasteiger partial charge in [-0.25, -0.2) is 0 Å². The zero-order chi connectivity index (χ0) is 28.5. The SMILES string of the molecule is Cc1cc([C@H]2[C@@H](c3ccccn3)NC(=S)N2CCC(=O)Nc2cccc3ccccc23)c(C)n1-c1ccccc1Cl. The van der Waals surface area contributed by atoms with Crippen LogP contribution in [0.15, 0.2) is 97.2 Å². The number of amides is 1. The van der Waals surface area contributed by atoms with E-state index in [-0.39, 0.29) is 24.4 Å². The number of aryl methyl sites for hydroxylation is 1. The van der Waals surface area contributed by atoms with Gasteiger partial charge in [0.25, 0.3) is 0 Å². The fraction of sp³-hybridized carbons (Fsp3) is 0.182. The summed E-state index contributed by atoms with van der Waals surface area (Å²) >= 11 is 12.5. The zero-order valence-corrected chi connectivity index (χ0v) is 24.4. The summed E-state index contributed by atoms with van der Waals surface area (Å²) in [6.45, 7) is 4.64. The van der Waals surface area contributed by atoms with E-state index >= 15 is 0 Å². The third-order valence-corrected chi connectivity index (χ3v) is 8.40. The number of rotatable bonds is 7. The lowest BCUT2D eigenvalue weighted by atomic mass is 9.96. The van der Waals surface area contributed by atoms with Crippen molar-refractivity contribution < 1.29 is 4.79 Å². The molecule has 1 fully saturated rings. The Bertz CT molecular complexity index is 1750. The van der Waals surface area contributed by atoms with Crippen molar-refractivity contribution in [2.24, 2.45) is 0 Å². The van der Waals surface area contributed by atoms with Crippen molar-refractivity contribution in [2.45, 2.75) is 32.4 Å². The summed E-state index contributed by atoms with van der Waals surface area (Å²) in [4.78, 5) is 20.0. The fourth-order valence-corrected chi connectivity index (χ4v) is 6.40. The van der Waals surface area contributed by atoms with Gasteiger partial charge in [-0.3, -0.25) is 9.78 Å². The van der Waals surface area contributed by atoms with Gasteiger partial charge in [-0.15, -0.1) is 0 Å². The average Bonchev–Trinajstić information content (AvgIpc) is 3.47. The van der Waals surface area contributed by atoms with Crippen molar-refractivity contribution in [2.75, 3.05) is 11.9 Å². The quantitative estimate of drug-likeness (QED) is 0.198. The molecular weight excluding hydrogens is 550 g/mol. The second-order valence-corrected chi connectivity index (χ2v) is 11.1. The number of thiocarbonyl (C=S) groups is 1.